The van der Waals surface area contributed by atoms with Crippen molar-refractivity contribution in [3.05, 3.63) is 29.8 Å². The number of benzene rings is 1. The van der Waals surface area contributed by atoms with Crippen molar-refractivity contribution in [1.82, 2.24) is 4.90 Å². The number of aromatic hydroxyl groups is 1. The maximum Gasteiger partial charge on any atom is 0.410 e. The largest absolute Gasteiger partial charge is 0.507 e. The molecule has 1 aromatic carbocycles. The zero-order valence-corrected chi connectivity index (χ0v) is 18.9. The molecule has 1 aliphatic heterocycles. The predicted octanol–water partition coefficient (Wildman–Crippen LogP) is 5.23. The number of likely N-dealkylation sites (tertiary alicyclic amines) is 1. The second-order valence-electron chi connectivity index (χ2n) is 7.35. The summed E-state index contributed by atoms with van der Waals surface area (Å²) in [6.45, 7) is 14.2. The molecule has 1 unspecified atom stereocenters. The molecule has 1 fully saturated rings. The molecule has 164 valence electrons. The standard InChI is InChI=1S/C19H25NO5.2C2H6/c1-19(2,3)25-18(24)20-10-6-7-13(12-20)16(22)11-17(23)14-8-4-5-9-15(14)21;2*1-2/h4-5,8-9,13,21H,6-7,10-12H2,1-3H3;2*1-2H3. The highest BCUT2D eigenvalue weighted by Gasteiger charge is 2.31. The van der Waals surface area contributed by atoms with E-state index in [0.29, 0.717) is 19.4 Å². The number of hydrogen-bond acceptors (Lipinski definition) is 5. The van der Waals surface area contributed by atoms with Gasteiger partial charge in [-0.25, -0.2) is 4.79 Å². The number of ketones is 2. The van der Waals surface area contributed by atoms with Crippen molar-refractivity contribution in [2.24, 2.45) is 5.92 Å². The summed E-state index contributed by atoms with van der Waals surface area (Å²) in [5, 5.41) is 9.73. The number of para-hydroxylation sites is 1. The highest BCUT2D eigenvalue weighted by atomic mass is 16.6. The van der Waals surface area contributed by atoms with Crippen LogP contribution in [0.2, 0.25) is 0 Å². The first-order valence-electron chi connectivity index (χ1n) is 10.5. The van der Waals surface area contributed by atoms with E-state index in [-0.39, 0.29) is 36.0 Å². The third kappa shape index (κ3) is 9.11. The van der Waals surface area contributed by atoms with Gasteiger partial charge in [0.1, 0.15) is 17.1 Å². The van der Waals surface area contributed by atoms with E-state index in [4.69, 9.17) is 4.74 Å². The molecule has 1 N–H and O–H groups in total. The number of phenolic OH excluding ortho intramolecular Hbond substituents is 1. The number of carbonyl (C=O) groups excluding carboxylic acids is 3. The summed E-state index contributed by atoms with van der Waals surface area (Å²) in [4.78, 5) is 38.4. The van der Waals surface area contributed by atoms with E-state index < -0.39 is 17.5 Å². The van der Waals surface area contributed by atoms with E-state index >= 15 is 0 Å². The van der Waals surface area contributed by atoms with Gasteiger partial charge < -0.3 is 14.7 Å². The zero-order chi connectivity index (χ0) is 22.6. The minimum atomic E-state index is -0.588. The predicted molar refractivity (Wildman–Crippen MR) is 115 cm³/mol. The summed E-state index contributed by atoms with van der Waals surface area (Å²) in [7, 11) is 0. The first kappa shape index (κ1) is 26.6. The van der Waals surface area contributed by atoms with Crippen LogP contribution in [0.25, 0.3) is 0 Å². The second-order valence-corrected chi connectivity index (χ2v) is 7.35. The fourth-order valence-corrected chi connectivity index (χ4v) is 2.84. The van der Waals surface area contributed by atoms with E-state index in [1.165, 1.54) is 17.0 Å². The summed E-state index contributed by atoms with van der Waals surface area (Å²) in [5.74, 6) is -1.12. The van der Waals surface area contributed by atoms with Crippen LogP contribution in [-0.2, 0) is 9.53 Å². The molecule has 1 aromatic rings. The molecule has 1 aliphatic rings. The maximum absolute atomic E-state index is 12.5. The Morgan fingerprint density at radius 2 is 1.69 bits per heavy atom. The second kappa shape index (κ2) is 13.0. The van der Waals surface area contributed by atoms with E-state index in [1.54, 1.807) is 32.9 Å². The van der Waals surface area contributed by atoms with Crippen molar-refractivity contribution in [2.75, 3.05) is 13.1 Å². The van der Waals surface area contributed by atoms with Gasteiger partial charge in [0, 0.05) is 19.0 Å². The average Bonchev–Trinajstić information content (AvgIpc) is 2.70. The van der Waals surface area contributed by atoms with Gasteiger partial charge in [0.05, 0.1) is 12.0 Å². The van der Waals surface area contributed by atoms with Gasteiger partial charge in [-0.2, -0.15) is 0 Å². The third-order valence-electron chi connectivity index (χ3n) is 4.07. The van der Waals surface area contributed by atoms with Crippen LogP contribution in [0.4, 0.5) is 4.79 Å². The molecule has 0 spiro atoms. The number of piperidine rings is 1. The third-order valence-corrected chi connectivity index (χ3v) is 4.07. The lowest BCUT2D eigenvalue weighted by atomic mass is 9.90. The molecule has 1 saturated heterocycles. The molecular weight excluding hydrogens is 370 g/mol. The SMILES string of the molecule is CC.CC.CC(C)(C)OC(=O)N1CCCC(C(=O)CC(=O)c2ccccc2O)C1. The Hall–Kier alpha value is -2.37. The quantitative estimate of drug-likeness (QED) is 0.545. The van der Waals surface area contributed by atoms with Crippen LogP contribution >= 0.6 is 0 Å². The number of rotatable bonds is 4. The molecule has 0 radical (unpaired) electrons. The Bertz CT molecular complexity index is 663. The minimum Gasteiger partial charge on any atom is -0.507 e. The van der Waals surface area contributed by atoms with Gasteiger partial charge in [0.2, 0.25) is 0 Å². The van der Waals surface area contributed by atoms with E-state index in [1.807, 2.05) is 27.7 Å². The minimum absolute atomic E-state index is 0.126. The molecule has 0 aliphatic carbocycles. The van der Waals surface area contributed by atoms with Gasteiger partial charge in [-0.1, -0.05) is 39.8 Å². The Morgan fingerprint density at radius 1 is 1.10 bits per heavy atom. The number of phenols is 1. The first-order valence-corrected chi connectivity index (χ1v) is 10.5. The molecule has 1 amide bonds. The smallest absolute Gasteiger partial charge is 0.410 e. The fourth-order valence-electron chi connectivity index (χ4n) is 2.84. The Morgan fingerprint density at radius 3 is 2.24 bits per heavy atom. The molecule has 0 saturated carbocycles. The Kier molecular flexibility index (Phi) is 11.9. The number of hydrogen-bond donors (Lipinski definition) is 1. The Balaban J connectivity index is 0.00000184. The van der Waals surface area contributed by atoms with Crippen molar-refractivity contribution in [3.8, 4) is 5.75 Å². The summed E-state index contributed by atoms with van der Waals surface area (Å²) >= 11 is 0. The highest BCUT2D eigenvalue weighted by Crippen LogP contribution is 2.23. The van der Waals surface area contributed by atoms with E-state index in [0.717, 1.165) is 0 Å². The van der Waals surface area contributed by atoms with Crippen molar-refractivity contribution in [2.45, 2.75) is 73.3 Å². The summed E-state index contributed by atoms with van der Waals surface area (Å²) in [6, 6.07) is 6.18. The first-order chi connectivity index (χ1) is 13.7. The lowest BCUT2D eigenvalue weighted by Crippen LogP contribution is -2.44. The number of amides is 1. The van der Waals surface area contributed by atoms with Crippen LogP contribution in [-0.4, -0.2) is 46.4 Å². The lowest BCUT2D eigenvalue weighted by Gasteiger charge is -2.33. The highest BCUT2D eigenvalue weighted by molar-refractivity contribution is 6.09. The topological polar surface area (TPSA) is 83.9 Å². The van der Waals surface area contributed by atoms with Gasteiger partial charge in [-0.3, -0.25) is 9.59 Å². The van der Waals surface area contributed by atoms with Gasteiger partial charge in [0.15, 0.2) is 5.78 Å². The van der Waals surface area contributed by atoms with Crippen molar-refractivity contribution in [1.29, 1.82) is 0 Å². The zero-order valence-electron chi connectivity index (χ0n) is 18.9. The normalized spacial score (nSPS) is 15.8. The monoisotopic (exact) mass is 407 g/mol. The molecule has 1 heterocycles. The summed E-state index contributed by atoms with van der Waals surface area (Å²) in [6.07, 6.45) is 0.633. The number of nitrogens with zero attached hydrogens (tertiary/aromatic N) is 1. The molecule has 0 bridgehead atoms. The van der Waals surface area contributed by atoms with Crippen LogP contribution in [0.5, 0.6) is 5.75 Å². The summed E-state index contributed by atoms with van der Waals surface area (Å²) < 4.78 is 5.35. The molecule has 2 rings (SSSR count). The van der Waals surface area contributed by atoms with Crippen LogP contribution in [0.3, 0.4) is 0 Å². The number of ether oxygens (including phenoxy) is 1. The van der Waals surface area contributed by atoms with Gasteiger partial charge in [0.25, 0.3) is 0 Å². The molecule has 6 nitrogen and oxygen atoms in total. The number of Topliss-reactive ketones (excluding diaryl/α,β-unsaturated/α-hetero) is 2. The summed E-state index contributed by atoms with van der Waals surface area (Å²) in [5.41, 5.74) is -0.440. The van der Waals surface area contributed by atoms with E-state index in [9.17, 15) is 19.5 Å². The van der Waals surface area contributed by atoms with E-state index in [2.05, 4.69) is 0 Å². The van der Waals surface area contributed by atoms with Gasteiger partial charge in [-0.05, 0) is 45.7 Å². The van der Waals surface area contributed by atoms with Crippen molar-refractivity contribution in [3.63, 3.8) is 0 Å². The van der Waals surface area contributed by atoms with Crippen LogP contribution in [0, 0.1) is 5.92 Å². The molecule has 29 heavy (non-hydrogen) atoms. The molecule has 6 heteroatoms. The van der Waals surface area contributed by atoms with Crippen molar-refractivity contribution >= 4 is 17.7 Å². The average molecular weight is 408 g/mol. The lowest BCUT2D eigenvalue weighted by molar-refractivity contribution is -0.123. The Labute approximate surface area is 175 Å². The van der Waals surface area contributed by atoms with Crippen LogP contribution in [0.1, 0.15) is 78.1 Å². The van der Waals surface area contributed by atoms with Crippen LogP contribution < -0.4 is 0 Å². The molecule has 0 aromatic heterocycles. The fraction of sp³-hybridized carbons (Fsp3) is 0.609. The molecular formula is C23H37NO5. The van der Waals surface area contributed by atoms with Gasteiger partial charge in [-0.15, -0.1) is 0 Å². The van der Waals surface area contributed by atoms with Crippen LogP contribution in [0.15, 0.2) is 24.3 Å². The van der Waals surface area contributed by atoms with Crippen molar-refractivity contribution < 1.29 is 24.2 Å². The molecule has 1 atom stereocenters. The maximum atomic E-state index is 12.5. The number of carbonyl (C=O) groups is 3. The van der Waals surface area contributed by atoms with Gasteiger partial charge >= 0.3 is 6.09 Å².